The molecule has 1 amide bonds. The Bertz CT molecular complexity index is 682. The van der Waals surface area contributed by atoms with Crippen molar-refractivity contribution in [3.05, 3.63) is 35.5 Å². The van der Waals surface area contributed by atoms with Gasteiger partial charge in [0.05, 0.1) is 6.61 Å². The lowest BCUT2D eigenvalue weighted by atomic mass is 10.1. The molecule has 0 radical (unpaired) electrons. The second kappa shape index (κ2) is 6.13. The molecule has 0 bridgehead atoms. The van der Waals surface area contributed by atoms with E-state index in [1.807, 2.05) is 13.8 Å². The molecule has 7 nitrogen and oxygen atoms in total. The standard InChI is InChI=1S/C15H19N5O2/c1-3-22-15-12(5-4-8-16-15)14(21)17-11-6-7-13-19-18-10(2)20(13)9-11/h4-5,8,11H,3,6-7,9H2,1-2H3,(H,17,21)/t11-/m0/s1. The van der Waals surface area contributed by atoms with Crippen LogP contribution in [0.4, 0.5) is 0 Å². The maximum Gasteiger partial charge on any atom is 0.257 e. The predicted molar refractivity (Wildman–Crippen MR) is 79.7 cm³/mol. The van der Waals surface area contributed by atoms with Crippen LogP contribution >= 0.6 is 0 Å². The lowest BCUT2D eigenvalue weighted by Crippen LogP contribution is -2.41. The van der Waals surface area contributed by atoms with Gasteiger partial charge in [-0.25, -0.2) is 4.98 Å². The Morgan fingerprint density at radius 3 is 3.18 bits per heavy atom. The van der Waals surface area contributed by atoms with E-state index in [2.05, 4.69) is 25.1 Å². The number of rotatable bonds is 4. The van der Waals surface area contributed by atoms with Crippen molar-refractivity contribution in [2.45, 2.75) is 39.3 Å². The molecule has 7 heteroatoms. The van der Waals surface area contributed by atoms with Crippen LogP contribution in [0.5, 0.6) is 5.88 Å². The fraction of sp³-hybridized carbons (Fsp3) is 0.467. The predicted octanol–water partition coefficient (Wildman–Crippen LogP) is 1.13. The van der Waals surface area contributed by atoms with Gasteiger partial charge in [0.15, 0.2) is 0 Å². The smallest absolute Gasteiger partial charge is 0.257 e. The topological polar surface area (TPSA) is 81.9 Å². The maximum atomic E-state index is 12.5. The molecule has 2 aromatic rings. The molecule has 22 heavy (non-hydrogen) atoms. The minimum atomic E-state index is -0.157. The zero-order chi connectivity index (χ0) is 15.5. The second-order valence-corrected chi connectivity index (χ2v) is 5.27. The fourth-order valence-corrected chi connectivity index (χ4v) is 2.66. The number of nitrogens with one attached hydrogen (secondary N) is 1. The molecule has 0 aliphatic carbocycles. The van der Waals surface area contributed by atoms with Crippen molar-refractivity contribution in [1.29, 1.82) is 0 Å². The highest BCUT2D eigenvalue weighted by atomic mass is 16.5. The lowest BCUT2D eigenvalue weighted by molar-refractivity contribution is 0.0922. The van der Waals surface area contributed by atoms with Gasteiger partial charge in [-0.05, 0) is 32.4 Å². The largest absolute Gasteiger partial charge is 0.477 e. The van der Waals surface area contributed by atoms with E-state index in [1.165, 1.54) is 0 Å². The molecule has 0 spiro atoms. The summed E-state index contributed by atoms with van der Waals surface area (Å²) in [6.45, 7) is 4.97. The van der Waals surface area contributed by atoms with Gasteiger partial charge in [0.1, 0.15) is 17.2 Å². The van der Waals surface area contributed by atoms with Crippen molar-refractivity contribution < 1.29 is 9.53 Å². The van der Waals surface area contributed by atoms with E-state index in [-0.39, 0.29) is 11.9 Å². The van der Waals surface area contributed by atoms with Crippen LogP contribution in [0.2, 0.25) is 0 Å². The normalized spacial score (nSPS) is 16.9. The van der Waals surface area contributed by atoms with Gasteiger partial charge >= 0.3 is 0 Å². The SMILES string of the molecule is CCOc1ncccc1C(=O)N[C@H]1CCc2nnc(C)n2C1. The van der Waals surface area contributed by atoms with Gasteiger partial charge in [-0.2, -0.15) is 0 Å². The summed E-state index contributed by atoms with van der Waals surface area (Å²) in [7, 11) is 0. The van der Waals surface area contributed by atoms with E-state index in [4.69, 9.17) is 4.74 Å². The Balaban J connectivity index is 1.72. The first-order valence-corrected chi connectivity index (χ1v) is 7.46. The van der Waals surface area contributed by atoms with Crippen LogP contribution in [-0.2, 0) is 13.0 Å². The number of fused-ring (bicyclic) bond motifs is 1. The van der Waals surface area contributed by atoms with E-state index in [9.17, 15) is 4.79 Å². The van der Waals surface area contributed by atoms with E-state index >= 15 is 0 Å². The summed E-state index contributed by atoms with van der Waals surface area (Å²) in [6.07, 6.45) is 3.29. The number of carbonyl (C=O) groups excluding carboxylic acids is 1. The summed E-state index contributed by atoms with van der Waals surface area (Å²) < 4.78 is 7.47. The van der Waals surface area contributed by atoms with E-state index < -0.39 is 0 Å². The summed E-state index contributed by atoms with van der Waals surface area (Å²) in [6, 6.07) is 3.52. The number of ether oxygens (including phenoxy) is 1. The van der Waals surface area contributed by atoms with Gasteiger partial charge in [-0.15, -0.1) is 10.2 Å². The molecule has 116 valence electrons. The number of aromatic nitrogens is 4. The molecular formula is C15H19N5O2. The van der Waals surface area contributed by atoms with Crippen molar-refractivity contribution in [1.82, 2.24) is 25.1 Å². The lowest BCUT2D eigenvalue weighted by Gasteiger charge is -2.25. The van der Waals surface area contributed by atoms with Crippen molar-refractivity contribution in [2.75, 3.05) is 6.61 Å². The molecule has 3 heterocycles. The molecule has 0 unspecified atom stereocenters. The second-order valence-electron chi connectivity index (χ2n) is 5.27. The van der Waals surface area contributed by atoms with Crippen molar-refractivity contribution in [2.24, 2.45) is 0 Å². The molecule has 2 aromatic heterocycles. The minimum Gasteiger partial charge on any atom is -0.477 e. The van der Waals surface area contributed by atoms with Crippen molar-refractivity contribution in [3.8, 4) is 5.88 Å². The van der Waals surface area contributed by atoms with Gasteiger partial charge in [-0.1, -0.05) is 0 Å². The molecule has 1 N–H and O–H groups in total. The number of hydrogen-bond acceptors (Lipinski definition) is 5. The molecule has 0 aromatic carbocycles. The Morgan fingerprint density at radius 2 is 2.36 bits per heavy atom. The van der Waals surface area contributed by atoms with Crippen LogP contribution in [0.1, 0.15) is 35.4 Å². The van der Waals surface area contributed by atoms with E-state index in [1.54, 1.807) is 18.3 Å². The van der Waals surface area contributed by atoms with Gasteiger partial charge in [0.2, 0.25) is 5.88 Å². The quantitative estimate of drug-likeness (QED) is 0.915. The van der Waals surface area contributed by atoms with Gasteiger partial charge in [0, 0.05) is 25.2 Å². The number of aryl methyl sites for hydroxylation is 2. The number of pyridine rings is 1. The number of amides is 1. The maximum absolute atomic E-state index is 12.5. The van der Waals surface area contributed by atoms with Crippen LogP contribution in [-0.4, -0.2) is 38.3 Å². The van der Waals surface area contributed by atoms with E-state index in [0.717, 1.165) is 24.5 Å². The summed E-state index contributed by atoms with van der Waals surface area (Å²) >= 11 is 0. The third-order valence-corrected chi connectivity index (χ3v) is 3.76. The molecule has 0 fully saturated rings. The monoisotopic (exact) mass is 301 g/mol. The zero-order valence-corrected chi connectivity index (χ0v) is 12.7. The van der Waals surface area contributed by atoms with Crippen LogP contribution < -0.4 is 10.1 Å². The number of nitrogens with zero attached hydrogens (tertiary/aromatic N) is 4. The zero-order valence-electron chi connectivity index (χ0n) is 12.7. The summed E-state index contributed by atoms with van der Waals surface area (Å²) in [5, 5.41) is 11.3. The Kier molecular flexibility index (Phi) is 4.04. The number of hydrogen-bond donors (Lipinski definition) is 1. The highest BCUT2D eigenvalue weighted by Gasteiger charge is 2.24. The first-order chi connectivity index (χ1) is 10.7. The molecule has 0 saturated carbocycles. The number of carbonyl (C=O) groups is 1. The summed E-state index contributed by atoms with van der Waals surface area (Å²) in [5.41, 5.74) is 0.468. The van der Waals surface area contributed by atoms with Crippen LogP contribution in [0.25, 0.3) is 0 Å². The summed E-state index contributed by atoms with van der Waals surface area (Å²) in [5.74, 6) is 2.08. The molecule has 0 saturated heterocycles. The van der Waals surface area contributed by atoms with Crippen LogP contribution in [0, 0.1) is 6.92 Å². The van der Waals surface area contributed by atoms with Crippen molar-refractivity contribution in [3.63, 3.8) is 0 Å². The first-order valence-electron chi connectivity index (χ1n) is 7.46. The van der Waals surface area contributed by atoms with Gasteiger partial charge in [0.25, 0.3) is 5.91 Å². The molecule has 3 rings (SSSR count). The molecule has 1 aliphatic heterocycles. The Morgan fingerprint density at radius 1 is 1.50 bits per heavy atom. The van der Waals surface area contributed by atoms with Crippen molar-refractivity contribution >= 4 is 5.91 Å². The average Bonchev–Trinajstić information content (AvgIpc) is 2.89. The van der Waals surface area contributed by atoms with Gasteiger partial charge < -0.3 is 14.6 Å². The highest BCUT2D eigenvalue weighted by molar-refractivity contribution is 5.96. The van der Waals surface area contributed by atoms with E-state index in [0.29, 0.717) is 24.6 Å². The third-order valence-electron chi connectivity index (χ3n) is 3.76. The fourth-order valence-electron chi connectivity index (χ4n) is 2.66. The first kappa shape index (κ1) is 14.5. The van der Waals surface area contributed by atoms with Gasteiger partial charge in [-0.3, -0.25) is 4.79 Å². The van der Waals surface area contributed by atoms with Crippen LogP contribution in [0.3, 0.4) is 0 Å². The highest BCUT2D eigenvalue weighted by Crippen LogP contribution is 2.17. The summed E-state index contributed by atoms with van der Waals surface area (Å²) in [4.78, 5) is 16.6. The molecular weight excluding hydrogens is 282 g/mol. The van der Waals surface area contributed by atoms with Crippen LogP contribution in [0.15, 0.2) is 18.3 Å². The molecule has 1 aliphatic rings. The Hall–Kier alpha value is -2.44. The average molecular weight is 301 g/mol. The third kappa shape index (κ3) is 2.79. The Labute approximate surface area is 128 Å². The minimum absolute atomic E-state index is 0.0596. The molecule has 1 atom stereocenters.